The highest BCUT2D eigenvalue weighted by Gasteiger charge is 2.27. The number of hydrogen-bond acceptors (Lipinski definition) is 7. The number of piperidine rings is 1. The summed E-state index contributed by atoms with van der Waals surface area (Å²) in [5.41, 5.74) is 1.43. The zero-order valence-electron chi connectivity index (χ0n) is 18.0. The zero-order valence-corrected chi connectivity index (χ0v) is 18.8. The Bertz CT molecular complexity index is 1090. The molecule has 0 spiro atoms. The lowest BCUT2D eigenvalue weighted by Gasteiger charge is -2.31. The summed E-state index contributed by atoms with van der Waals surface area (Å²) in [4.78, 5) is 19.6. The SMILES string of the molecule is COc1ccc(NC(=O)C2CCCN(Cc3nc(-c4cccc(Cl)c4)no3)C2)c(OC)c1. The monoisotopic (exact) mass is 456 g/mol. The zero-order chi connectivity index (χ0) is 22.5. The average molecular weight is 457 g/mol. The molecule has 1 unspecified atom stereocenters. The molecular weight excluding hydrogens is 432 g/mol. The topological polar surface area (TPSA) is 89.7 Å². The Morgan fingerprint density at radius 3 is 2.91 bits per heavy atom. The Labute approximate surface area is 191 Å². The van der Waals surface area contributed by atoms with Gasteiger partial charge in [-0.2, -0.15) is 4.98 Å². The third kappa shape index (κ3) is 5.20. The first kappa shape index (κ1) is 22.1. The Morgan fingerprint density at radius 2 is 2.12 bits per heavy atom. The Morgan fingerprint density at radius 1 is 1.25 bits per heavy atom. The van der Waals surface area contributed by atoms with Gasteiger partial charge in [0, 0.05) is 23.2 Å². The molecule has 1 atom stereocenters. The molecule has 0 aliphatic carbocycles. The van der Waals surface area contributed by atoms with Crippen molar-refractivity contribution in [3.05, 3.63) is 53.4 Å². The fraction of sp³-hybridized carbons (Fsp3) is 0.348. The van der Waals surface area contributed by atoms with Gasteiger partial charge < -0.3 is 19.3 Å². The van der Waals surface area contributed by atoms with E-state index in [1.165, 1.54) is 0 Å². The van der Waals surface area contributed by atoms with Crippen molar-refractivity contribution < 1.29 is 18.8 Å². The molecular formula is C23H25ClN4O4. The van der Waals surface area contributed by atoms with Crippen molar-refractivity contribution in [2.45, 2.75) is 19.4 Å². The maximum atomic E-state index is 12.9. The number of nitrogens with one attached hydrogen (secondary N) is 1. The van der Waals surface area contributed by atoms with Gasteiger partial charge in [0.05, 0.1) is 32.4 Å². The number of amides is 1. The van der Waals surface area contributed by atoms with Crippen LogP contribution in [0, 0.1) is 5.92 Å². The van der Waals surface area contributed by atoms with Crippen LogP contribution >= 0.6 is 11.6 Å². The van der Waals surface area contributed by atoms with Gasteiger partial charge in [-0.15, -0.1) is 0 Å². The van der Waals surface area contributed by atoms with Crippen LogP contribution in [0.5, 0.6) is 11.5 Å². The van der Waals surface area contributed by atoms with Crippen LogP contribution in [0.1, 0.15) is 18.7 Å². The Balaban J connectivity index is 1.38. The molecule has 4 rings (SSSR count). The van der Waals surface area contributed by atoms with Gasteiger partial charge in [-0.25, -0.2) is 0 Å². The quantitative estimate of drug-likeness (QED) is 0.568. The summed E-state index contributed by atoms with van der Waals surface area (Å²) < 4.78 is 16.0. The van der Waals surface area contributed by atoms with Crippen LogP contribution in [0.2, 0.25) is 5.02 Å². The van der Waals surface area contributed by atoms with E-state index in [2.05, 4.69) is 20.4 Å². The largest absolute Gasteiger partial charge is 0.497 e. The van der Waals surface area contributed by atoms with E-state index in [0.29, 0.717) is 47.0 Å². The number of nitrogens with zero attached hydrogens (tertiary/aromatic N) is 3. The molecule has 0 bridgehead atoms. The van der Waals surface area contributed by atoms with Crippen LogP contribution in [0.25, 0.3) is 11.4 Å². The summed E-state index contributed by atoms with van der Waals surface area (Å²) in [6.07, 6.45) is 1.73. The van der Waals surface area contributed by atoms with Crippen LogP contribution in [-0.2, 0) is 11.3 Å². The Kier molecular flexibility index (Phi) is 6.92. The van der Waals surface area contributed by atoms with E-state index >= 15 is 0 Å². The van der Waals surface area contributed by atoms with Crippen LogP contribution in [0.4, 0.5) is 5.69 Å². The third-order valence-electron chi connectivity index (χ3n) is 5.45. The van der Waals surface area contributed by atoms with Crippen molar-refractivity contribution in [3.63, 3.8) is 0 Å². The second kappa shape index (κ2) is 10.0. The molecule has 1 N–H and O–H groups in total. The summed E-state index contributed by atoms with van der Waals surface area (Å²) in [7, 11) is 3.15. The van der Waals surface area contributed by atoms with Crippen molar-refractivity contribution in [1.82, 2.24) is 15.0 Å². The number of carbonyl (C=O) groups excluding carboxylic acids is 1. The highest BCUT2D eigenvalue weighted by molar-refractivity contribution is 6.30. The van der Waals surface area contributed by atoms with Crippen molar-refractivity contribution in [2.75, 3.05) is 32.6 Å². The third-order valence-corrected chi connectivity index (χ3v) is 5.69. The number of benzene rings is 2. The summed E-state index contributed by atoms with van der Waals surface area (Å²) in [6, 6.07) is 12.6. The molecule has 1 fully saturated rings. The first-order chi connectivity index (χ1) is 15.6. The van der Waals surface area contributed by atoms with Crippen LogP contribution in [0.3, 0.4) is 0 Å². The molecule has 0 radical (unpaired) electrons. The molecule has 1 aliphatic heterocycles. The van der Waals surface area contributed by atoms with E-state index in [4.69, 9.17) is 25.6 Å². The molecule has 32 heavy (non-hydrogen) atoms. The molecule has 1 aromatic heterocycles. The van der Waals surface area contributed by atoms with Gasteiger partial charge in [-0.1, -0.05) is 28.9 Å². The predicted molar refractivity (Wildman–Crippen MR) is 121 cm³/mol. The molecule has 8 nitrogen and oxygen atoms in total. The van der Waals surface area contributed by atoms with E-state index in [1.807, 2.05) is 12.1 Å². The Hall–Kier alpha value is -3.10. The van der Waals surface area contributed by atoms with Gasteiger partial charge in [0.1, 0.15) is 11.5 Å². The van der Waals surface area contributed by atoms with Crippen LogP contribution < -0.4 is 14.8 Å². The molecule has 1 saturated heterocycles. The first-order valence-corrected chi connectivity index (χ1v) is 10.8. The van der Waals surface area contributed by atoms with Crippen LogP contribution in [-0.4, -0.2) is 48.3 Å². The van der Waals surface area contributed by atoms with Gasteiger partial charge in [0.25, 0.3) is 0 Å². The highest BCUT2D eigenvalue weighted by atomic mass is 35.5. The lowest BCUT2D eigenvalue weighted by molar-refractivity contribution is -0.121. The molecule has 168 valence electrons. The number of ether oxygens (including phenoxy) is 2. The van der Waals surface area contributed by atoms with E-state index in [-0.39, 0.29) is 11.8 Å². The number of aromatic nitrogens is 2. The summed E-state index contributed by atoms with van der Waals surface area (Å²) >= 11 is 6.05. The fourth-order valence-electron chi connectivity index (χ4n) is 3.80. The average Bonchev–Trinajstić information content (AvgIpc) is 3.28. The lowest BCUT2D eigenvalue weighted by Crippen LogP contribution is -2.40. The molecule has 2 heterocycles. The number of rotatable bonds is 7. The molecule has 1 amide bonds. The van der Waals surface area contributed by atoms with Gasteiger partial charge in [0.15, 0.2) is 0 Å². The minimum Gasteiger partial charge on any atom is -0.497 e. The van der Waals surface area contributed by atoms with E-state index in [1.54, 1.807) is 44.6 Å². The maximum Gasteiger partial charge on any atom is 0.241 e. The van der Waals surface area contributed by atoms with E-state index < -0.39 is 0 Å². The lowest BCUT2D eigenvalue weighted by atomic mass is 9.97. The van der Waals surface area contributed by atoms with Gasteiger partial charge in [0.2, 0.25) is 17.6 Å². The summed E-state index contributed by atoms with van der Waals surface area (Å²) in [6.45, 7) is 1.97. The number of methoxy groups -OCH3 is 2. The van der Waals surface area contributed by atoms with Gasteiger partial charge >= 0.3 is 0 Å². The minimum atomic E-state index is -0.147. The second-order valence-electron chi connectivity index (χ2n) is 7.65. The highest BCUT2D eigenvalue weighted by Crippen LogP contribution is 2.30. The first-order valence-electron chi connectivity index (χ1n) is 10.4. The van der Waals surface area contributed by atoms with E-state index in [9.17, 15) is 4.79 Å². The molecule has 2 aromatic carbocycles. The normalized spacial score (nSPS) is 16.5. The summed E-state index contributed by atoms with van der Waals surface area (Å²) in [5, 5.41) is 7.67. The second-order valence-corrected chi connectivity index (χ2v) is 8.09. The van der Waals surface area contributed by atoms with Gasteiger partial charge in [-0.05, 0) is 43.7 Å². The van der Waals surface area contributed by atoms with Crippen molar-refractivity contribution in [3.8, 4) is 22.9 Å². The maximum absolute atomic E-state index is 12.9. The van der Waals surface area contributed by atoms with E-state index in [0.717, 1.165) is 24.9 Å². The number of halogens is 1. The van der Waals surface area contributed by atoms with Gasteiger partial charge in [-0.3, -0.25) is 9.69 Å². The number of carbonyl (C=O) groups is 1. The number of anilines is 1. The molecule has 0 saturated carbocycles. The molecule has 9 heteroatoms. The standard InChI is InChI=1S/C23H25ClN4O4/c1-30-18-8-9-19(20(12-18)31-2)25-23(29)16-6-4-10-28(13-16)14-21-26-22(27-32-21)15-5-3-7-17(24)11-15/h3,5,7-9,11-12,16H,4,6,10,13-14H2,1-2H3,(H,25,29). The minimum absolute atomic E-state index is 0.0386. The number of hydrogen-bond donors (Lipinski definition) is 1. The fourth-order valence-corrected chi connectivity index (χ4v) is 4.00. The summed E-state index contributed by atoms with van der Waals surface area (Å²) in [5.74, 6) is 2.05. The van der Waals surface area contributed by atoms with Crippen molar-refractivity contribution in [1.29, 1.82) is 0 Å². The van der Waals surface area contributed by atoms with Crippen LogP contribution in [0.15, 0.2) is 47.0 Å². The predicted octanol–water partition coefficient (Wildman–Crippen LogP) is 4.26. The van der Waals surface area contributed by atoms with Crippen molar-refractivity contribution in [2.24, 2.45) is 5.92 Å². The molecule has 1 aliphatic rings. The smallest absolute Gasteiger partial charge is 0.241 e. The number of likely N-dealkylation sites (tertiary alicyclic amines) is 1. The molecule has 3 aromatic rings. The van der Waals surface area contributed by atoms with Crippen molar-refractivity contribution >= 4 is 23.2 Å².